The first kappa shape index (κ1) is 15.8. The Balaban J connectivity index is 1.91. The minimum absolute atomic E-state index is 0.0760. The summed E-state index contributed by atoms with van der Waals surface area (Å²) in [6.07, 6.45) is 2.12. The van der Waals surface area contributed by atoms with Crippen molar-refractivity contribution in [3.63, 3.8) is 0 Å². The molecule has 0 spiro atoms. The molecule has 2 rings (SSSR count). The quantitative estimate of drug-likeness (QED) is 0.582. The lowest BCUT2D eigenvalue weighted by atomic mass is 10.1. The van der Waals surface area contributed by atoms with E-state index in [1.54, 1.807) is 26.4 Å². The zero-order valence-corrected chi connectivity index (χ0v) is 12.8. The molecule has 0 saturated carbocycles. The number of ketones is 1. The third-order valence-corrected chi connectivity index (χ3v) is 3.24. The summed E-state index contributed by atoms with van der Waals surface area (Å²) in [5, 5.41) is 0. The van der Waals surface area contributed by atoms with Crippen LogP contribution in [0.25, 0.3) is 0 Å². The van der Waals surface area contributed by atoms with Gasteiger partial charge in [0, 0.05) is 12.1 Å². The minimum atomic E-state index is -0.0760. The molecule has 0 amide bonds. The van der Waals surface area contributed by atoms with E-state index in [9.17, 15) is 4.79 Å². The van der Waals surface area contributed by atoms with Crippen molar-refractivity contribution in [1.82, 2.24) is 0 Å². The molecule has 2 aromatic rings. The summed E-state index contributed by atoms with van der Waals surface area (Å²) >= 11 is 0. The highest BCUT2D eigenvalue weighted by Crippen LogP contribution is 2.27. The summed E-state index contributed by atoms with van der Waals surface area (Å²) in [7, 11) is 3.22. The largest absolute Gasteiger partial charge is 0.493 e. The van der Waals surface area contributed by atoms with Crippen molar-refractivity contribution in [2.45, 2.75) is 6.42 Å². The Labute approximate surface area is 130 Å². The van der Waals surface area contributed by atoms with E-state index < -0.39 is 0 Å². The molecule has 0 aromatic heterocycles. The SMILES string of the molecule is COc1ccc(CCN=CC(=O)c2ccccc2)cc1OC. The van der Waals surface area contributed by atoms with Crippen LogP contribution in [0.3, 0.4) is 0 Å². The van der Waals surface area contributed by atoms with E-state index in [0.717, 1.165) is 12.0 Å². The molecule has 114 valence electrons. The standard InChI is InChI=1S/C18H19NO3/c1-21-17-9-8-14(12-18(17)22-2)10-11-19-13-16(20)15-6-4-3-5-7-15/h3-9,12-13H,10-11H2,1-2H3. The third kappa shape index (κ3) is 4.19. The van der Waals surface area contributed by atoms with Crippen LogP contribution >= 0.6 is 0 Å². The van der Waals surface area contributed by atoms with Gasteiger partial charge in [0.2, 0.25) is 5.78 Å². The van der Waals surface area contributed by atoms with Gasteiger partial charge < -0.3 is 9.47 Å². The Hall–Kier alpha value is -2.62. The summed E-state index contributed by atoms with van der Waals surface area (Å²) in [4.78, 5) is 16.0. The van der Waals surface area contributed by atoms with Gasteiger partial charge in [0.05, 0.1) is 20.4 Å². The van der Waals surface area contributed by atoms with E-state index in [1.165, 1.54) is 6.21 Å². The molecule has 0 bridgehead atoms. The fourth-order valence-corrected chi connectivity index (χ4v) is 2.05. The summed E-state index contributed by atoms with van der Waals surface area (Å²) in [6, 6.07) is 14.9. The number of Topliss-reactive ketones (excluding diaryl/α,β-unsaturated/α-hetero) is 1. The molecule has 0 aliphatic heterocycles. The van der Waals surface area contributed by atoms with Crippen molar-refractivity contribution >= 4 is 12.0 Å². The van der Waals surface area contributed by atoms with E-state index in [2.05, 4.69) is 4.99 Å². The van der Waals surface area contributed by atoms with E-state index in [1.807, 2.05) is 36.4 Å². The fourth-order valence-electron chi connectivity index (χ4n) is 2.05. The van der Waals surface area contributed by atoms with E-state index in [-0.39, 0.29) is 5.78 Å². The van der Waals surface area contributed by atoms with Crippen molar-refractivity contribution in [3.05, 3.63) is 59.7 Å². The van der Waals surface area contributed by atoms with Gasteiger partial charge in [0.25, 0.3) is 0 Å². The van der Waals surface area contributed by atoms with Crippen LogP contribution in [0, 0.1) is 0 Å². The van der Waals surface area contributed by atoms with Crippen LogP contribution < -0.4 is 9.47 Å². The average molecular weight is 297 g/mol. The molecule has 0 aliphatic rings. The van der Waals surface area contributed by atoms with Crippen molar-refractivity contribution < 1.29 is 14.3 Å². The summed E-state index contributed by atoms with van der Waals surface area (Å²) < 4.78 is 10.5. The molecule has 4 heteroatoms. The number of methoxy groups -OCH3 is 2. The van der Waals surface area contributed by atoms with Crippen molar-refractivity contribution in [2.24, 2.45) is 4.99 Å². The highest BCUT2D eigenvalue weighted by Gasteiger charge is 2.04. The lowest BCUT2D eigenvalue weighted by molar-refractivity contribution is 0.107. The molecular formula is C18H19NO3. The normalized spacial score (nSPS) is 10.6. The smallest absolute Gasteiger partial charge is 0.203 e. The molecule has 2 aromatic carbocycles. The van der Waals surface area contributed by atoms with E-state index in [4.69, 9.17) is 9.47 Å². The first-order valence-corrected chi connectivity index (χ1v) is 7.04. The molecule has 22 heavy (non-hydrogen) atoms. The number of carbonyl (C=O) groups excluding carboxylic acids is 1. The number of aliphatic imine (C=N–C) groups is 1. The Bertz CT molecular complexity index is 651. The second-order valence-electron chi connectivity index (χ2n) is 4.70. The van der Waals surface area contributed by atoms with Gasteiger partial charge >= 0.3 is 0 Å². The van der Waals surface area contributed by atoms with Crippen LogP contribution in [0.2, 0.25) is 0 Å². The molecule has 0 N–H and O–H groups in total. The van der Waals surface area contributed by atoms with Crippen molar-refractivity contribution in [2.75, 3.05) is 20.8 Å². The monoisotopic (exact) mass is 297 g/mol. The predicted octanol–water partition coefficient (Wildman–Crippen LogP) is 3.20. The Morgan fingerprint density at radius 2 is 1.77 bits per heavy atom. The molecule has 0 aliphatic carbocycles. The maximum Gasteiger partial charge on any atom is 0.203 e. The summed E-state index contributed by atoms with van der Waals surface area (Å²) in [6.45, 7) is 0.550. The molecular weight excluding hydrogens is 278 g/mol. The van der Waals surface area contributed by atoms with Crippen LogP contribution in [0.15, 0.2) is 53.5 Å². The van der Waals surface area contributed by atoms with Gasteiger partial charge in [0.15, 0.2) is 11.5 Å². The average Bonchev–Trinajstić information content (AvgIpc) is 2.59. The number of hydrogen-bond donors (Lipinski definition) is 0. The highest BCUT2D eigenvalue weighted by atomic mass is 16.5. The molecule has 0 heterocycles. The first-order chi connectivity index (χ1) is 10.7. The zero-order chi connectivity index (χ0) is 15.8. The second-order valence-corrected chi connectivity index (χ2v) is 4.70. The van der Waals surface area contributed by atoms with Gasteiger partial charge in [0.1, 0.15) is 0 Å². The first-order valence-electron chi connectivity index (χ1n) is 7.04. The number of ether oxygens (including phenoxy) is 2. The molecule has 0 saturated heterocycles. The molecule has 4 nitrogen and oxygen atoms in total. The maximum atomic E-state index is 11.9. The molecule has 0 radical (unpaired) electrons. The minimum Gasteiger partial charge on any atom is -0.493 e. The van der Waals surface area contributed by atoms with Gasteiger partial charge in [-0.05, 0) is 24.1 Å². The number of nitrogens with zero attached hydrogens (tertiary/aromatic N) is 1. The van der Waals surface area contributed by atoms with Crippen LogP contribution in [0.5, 0.6) is 11.5 Å². The molecule has 0 atom stereocenters. The van der Waals surface area contributed by atoms with Gasteiger partial charge in [-0.1, -0.05) is 36.4 Å². The topological polar surface area (TPSA) is 47.9 Å². The van der Waals surface area contributed by atoms with Gasteiger partial charge in [-0.3, -0.25) is 9.79 Å². The fraction of sp³-hybridized carbons (Fsp3) is 0.222. The summed E-state index contributed by atoms with van der Waals surface area (Å²) in [5.41, 5.74) is 1.74. The number of benzene rings is 2. The van der Waals surface area contributed by atoms with Gasteiger partial charge in [-0.2, -0.15) is 0 Å². The van der Waals surface area contributed by atoms with E-state index in [0.29, 0.717) is 23.6 Å². The number of rotatable bonds is 7. The van der Waals surface area contributed by atoms with Gasteiger partial charge in [-0.25, -0.2) is 0 Å². The predicted molar refractivity (Wildman–Crippen MR) is 87.4 cm³/mol. The van der Waals surface area contributed by atoms with Crippen LogP contribution in [-0.4, -0.2) is 32.8 Å². The Morgan fingerprint density at radius 3 is 2.45 bits per heavy atom. The maximum absolute atomic E-state index is 11.9. The molecule has 0 fully saturated rings. The van der Waals surface area contributed by atoms with Crippen molar-refractivity contribution in [3.8, 4) is 11.5 Å². The van der Waals surface area contributed by atoms with Crippen molar-refractivity contribution in [1.29, 1.82) is 0 Å². The lowest BCUT2D eigenvalue weighted by Crippen LogP contribution is -2.01. The number of carbonyl (C=O) groups is 1. The highest BCUT2D eigenvalue weighted by molar-refractivity contribution is 6.35. The van der Waals surface area contributed by atoms with Crippen LogP contribution in [0.4, 0.5) is 0 Å². The second kappa shape index (κ2) is 7.98. The van der Waals surface area contributed by atoms with E-state index >= 15 is 0 Å². The van der Waals surface area contributed by atoms with Crippen LogP contribution in [0.1, 0.15) is 15.9 Å². The van der Waals surface area contributed by atoms with Gasteiger partial charge in [-0.15, -0.1) is 0 Å². The third-order valence-electron chi connectivity index (χ3n) is 3.24. The Morgan fingerprint density at radius 1 is 1.05 bits per heavy atom. The summed E-state index contributed by atoms with van der Waals surface area (Å²) in [5.74, 6) is 1.33. The van der Waals surface area contributed by atoms with Crippen LogP contribution in [-0.2, 0) is 6.42 Å². The Kier molecular flexibility index (Phi) is 5.72. The molecule has 0 unspecified atom stereocenters. The lowest BCUT2D eigenvalue weighted by Gasteiger charge is -2.08. The number of hydrogen-bond acceptors (Lipinski definition) is 4. The zero-order valence-electron chi connectivity index (χ0n) is 12.8.